The molecular weight excluding hydrogens is 303 g/mol. The molecule has 6 nitrogen and oxygen atoms in total. The van der Waals surface area contributed by atoms with Crippen LogP contribution in [0.25, 0.3) is 0 Å². The van der Waals surface area contributed by atoms with Gasteiger partial charge in [0, 0.05) is 13.1 Å². The van der Waals surface area contributed by atoms with E-state index in [1.54, 1.807) is 12.1 Å². The lowest BCUT2D eigenvalue weighted by Crippen LogP contribution is -2.64. The molecule has 2 aliphatic heterocycles. The van der Waals surface area contributed by atoms with Crippen molar-refractivity contribution >= 4 is 12.0 Å². The molecule has 1 aromatic carbocycles. The molecule has 2 saturated heterocycles. The summed E-state index contributed by atoms with van der Waals surface area (Å²) in [5.41, 5.74) is 0.344. The highest BCUT2D eigenvalue weighted by Crippen LogP contribution is 2.33. The average molecular weight is 322 g/mol. The van der Waals surface area contributed by atoms with Crippen LogP contribution in [0.15, 0.2) is 24.3 Å². The summed E-state index contributed by atoms with van der Waals surface area (Å²) in [5, 5.41) is 12.0. The Kier molecular flexibility index (Phi) is 4.21. The van der Waals surface area contributed by atoms with E-state index < -0.39 is 11.7 Å². The van der Waals surface area contributed by atoms with Gasteiger partial charge < -0.3 is 20.1 Å². The summed E-state index contributed by atoms with van der Waals surface area (Å²) in [6, 6.07) is 5.91. The number of carbonyl (C=O) groups is 2. The van der Waals surface area contributed by atoms with E-state index in [2.05, 4.69) is 5.32 Å². The Labute approximate surface area is 133 Å². The highest BCUT2D eigenvalue weighted by Gasteiger charge is 2.46. The van der Waals surface area contributed by atoms with Gasteiger partial charge in [-0.15, -0.1) is 0 Å². The molecule has 2 N–H and O–H groups in total. The van der Waals surface area contributed by atoms with Gasteiger partial charge >= 0.3 is 6.09 Å². The number of carboxylic acid groups (broad SMARTS) is 1. The summed E-state index contributed by atoms with van der Waals surface area (Å²) in [4.78, 5) is 24.1. The second-order valence-electron chi connectivity index (χ2n) is 6.07. The van der Waals surface area contributed by atoms with E-state index in [0.717, 1.165) is 5.56 Å². The largest absolute Gasteiger partial charge is 0.465 e. The van der Waals surface area contributed by atoms with Gasteiger partial charge in [0.15, 0.2) is 0 Å². The molecule has 1 atom stereocenters. The Morgan fingerprint density at radius 2 is 2.00 bits per heavy atom. The number of piperidine rings is 1. The lowest BCUT2D eigenvalue weighted by molar-refractivity contribution is -0.160. The van der Waals surface area contributed by atoms with Gasteiger partial charge in [-0.05, 0) is 37.0 Å². The number of morpholine rings is 1. The fourth-order valence-corrected chi connectivity index (χ4v) is 3.34. The van der Waals surface area contributed by atoms with Crippen LogP contribution in [0.1, 0.15) is 18.4 Å². The molecule has 2 heterocycles. The van der Waals surface area contributed by atoms with Gasteiger partial charge in [0.1, 0.15) is 12.4 Å². The van der Waals surface area contributed by atoms with Crippen LogP contribution in [-0.2, 0) is 16.0 Å². The van der Waals surface area contributed by atoms with Crippen molar-refractivity contribution in [2.24, 2.45) is 0 Å². The van der Waals surface area contributed by atoms with E-state index >= 15 is 0 Å². The molecule has 0 aromatic heterocycles. The van der Waals surface area contributed by atoms with Crippen LogP contribution >= 0.6 is 0 Å². The zero-order chi connectivity index (χ0) is 16.4. The highest BCUT2D eigenvalue weighted by molar-refractivity contribution is 5.78. The van der Waals surface area contributed by atoms with E-state index in [-0.39, 0.29) is 24.4 Å². The van der Waals surface area contributed by atoms with E-state index in [9.17, 15) is 14.0 Å². The van der Waals surface area contributed by atoms with Crippen molar-refractivity contribution in [2.45, 2.75) is 30.9 Å². The number of likely N-dealkylation sites (tertiary alicyclic amines) is 1. The molecule has 2 amide bonds. The summed E-state index contributed by atoms with van der Waals surface area (Å²) in [6.45, 7) is 0.753. The molecule has 1 unspecified atom stereocenters. The third-order valence-electron chi connectivity index (χ3n) is 4.69. The lowest BCUT2D eigenvalue weighted by atomic mass is 9.80. The molecule has 1 spiro atoms. The number of nitrogens with one attached hydrogen (secondary N) is 1. The van der Waals surface area contributed by atoms with E-state index in [0.29, 0.717) is 32.4 Å². The first-order chi connectivity index (χ1) is 11.0. The SMILES string of the molecule is O=C1COC2(CCN(C(=O)O)CC2)C(Cc2ccc(F)cc2)N1. The molecule has 0 radical (unpaired) electrons. The molecule has 23 heavy (non-hydrogen) atoms. The van der Waals surface area contributed by atoms with Crippen molar-refractivity contribution < 1.29 is 23.8 Å². The zero-order valence-corrected chi connectivity index (χ0v) is 12.6. The van der Waals surface area contributed by atoms with E-state index in [4.69, 9.17) is 9.84 Å². The Hall–Kier alpha value is -2.15. The quantitative estimate of drug-likeness (QED) is 0.862. The van der Waals surface area contributed by atoms with Crippen LogP contribution in [-0.4, -0.2) is 53.3 Å². The Balaban J connectivity index is 1.76. The number of amides is 2. The van der Waals surface area contributed by atoms with Crippen LogP contribution in [0.3, 0.4) is 0 Å². The number of rotatable bonds is 2. The minimum atomic E-state index is -0.935. The first-order valence-corrected chi connectivity index (χ1v) is 7.64. The van der Waals surface area contributed by atoms with Crippen LogP contribution in [0, 0.1) is 5.82 Å². The number of carbonyl (C=O) groups excluding carboxylic acids is 1. The number of halogens is 1. The van der Waals surface area contributed by atoms with E-state index in [1.165, 1.54) is 17.0 Å². The Bertz CT molecular complexity index is 597. The monoisotopic (exact) mass is 322 g/mol. The summed E-state index contributed by atoms with van der Waals surface area (Å²) in [5.74, 6) is -0.481. The molecule has 7 heteroatoms. The van der Waals surface area contributed by atoms with Crippen molar-refractivity contribution in [1.82, 2.24) is 10.2 Å². The second-order valence-corrected chi connectivity index (χ2v) is 6.07. The maximum atomic E-state index is 13.0. The number of ether oxygens (including phenoxy) is 1. The first-order valence-electron chi connectivity index (χ1n) is 7.64. The summed E-state index contributed by atoms with van der Waals surface area (Å²) < 4.78 is 18.9. The predicted octanol–water partition coefficient (Wildman–Crippen LogP) is 1.40. The standard InChI is InChI=1S/C16H19FN2O4/c17-12-3-1-11(2-4-12)9-13-16(23-10-14(20)18-13)5-7-19(8-6-16)15(21)22/h1-4,13H,5-10H2,(H,18,20)(H,21,22). The number of hydrogen-bond acceptors (Lipinski definition) is 3. The Morgan fingerprint density at radius 1 is 1.35 bits per heavy atom. The van der Waals surface area contributed by atoms with Crippen molar-refractivity contribution in [2.75, 3.05) is 19.7 Å². The summed E-state index contributed by atoms with van der Waals surface area (Å²) in [6.07, 6.45) is 0.658. The van der Waals surface area contributed by atoms with Gasteiger partial charge in [-0.3, -0.25) is 4.79 Å². The number of benzene rings is 1. The lowest BCUT2D eigenvalue weighted by Gasteiger charge is -2.48. The van der Waals surface area contributed by atoms with Gasteiger partial charge in [-0.25, -0.2) is 9.18 Å². The Morgan fingerprint density at radius 3 is 2.61 bits per heavy atom. The van der Waals surface area contributed by atoms with Gasteiger partial charge in [0.05, 0.1) is 11.6 Å². The van der Waals surface area contributed by atoms with Crippen molar-refractivity contribution in [1.29, 1.82) is 0 Å². The van der Waals surface area contributed by atoms with E-state index in [1.807, 2.05) is 0 Å². The zero-order valence-electron chi connectivity index (χ0n) is 12.6. The molecule has 2 fully saturated rings. The first kappa shape index (κ1) is 15.7. The van der Waals surface area contributed by atoms with Gasteiger partial charge in [-0.2, -0.15) is 0 Å². The van der Waals surface area contributed by atoms with Gasteiger partial charge in [-0.1, -0.05) is 12.1 Å². The fraction of sp³-hybridized carbons (Fsp3) is 0.500. The molecule has 1 aromatic rings. The molecular formula is C16H19FN2O4. The van der Waals surface area contributed by atoms with Crippen molar-refractivity contribution in [3.63, 3.8) is 0 Å². The number of nitrogens with zero attached hydrogens (tertiary/aromatic N) is 1. The molecule has 0 aliphatic carbocycles. The minimum Gasteiger partial charge on any atom is -0.465 e. The summed E-state index contributed by atoms with van der Waals surface area (Å²) >= 11 is 0. The molecule has 124 valence electrons. The third kappa shape index (κ3) is 3.29. The van der Waals surface area contributed by atoms with Gasteiger partial charge in [0.2, 0.25) is 5.91 Å². The highest BCUT2D eigenvalue weighted by atomic mass is 19.1. The van der Waals surface area contributed by atoms with Crippen molar-refractivity contribution in [3.8, 4) is 0 Å². The van der Waals surface area contributed by atoms with Gasteiger partial charge in [0.25, 0.3) is 0 Å². The normalized spacial score (nSPS) is 23.6. The maximum absolute atomic E-state index is 13.0. The predicted molar refractivity (Wildman–Crippen MR) is 79.5 cm³/mol. The smallest absolute Gasteiger partial charge is 0.407 e. The summed E-state index contributed by atoms with van der Waals surface area (Å²) in [7, 11) is 0. The molecule has 3 rings (SSSR count). The minimum absolute atomic E-state index is 0.00696. The number of hydrogen-bond donors (Lipinski definition) is 2. The topological polar surface area (TPSA) is 78.9 Å². The van der Waals surface area contributed by atoms with Crippen LogP contribution in [0.2, 0.25) is 0 Å². The maximum Gasteiger partial charge on any atom is 0.407 e. The molecule has 0 saturated carbocycles. The fourth-order valence-electron chi connectivity index (χ4n) is 3.34. The third-order valence-corrected chi connectivity index (χ3v) is 4.69. The van der Waals surface area contributed by atoms with Crippen LogP contribution < -0.4 is 5.32 Å². The van der Waals surface area contributed by atoms with Crippen LogP contribution in [0.5, 0.6) is 0 Å². The molecule has 0 bridgehead atoms. The molecule has 2 aliphatic rings. The second kappa shape index (κ2) is 6.16. The average Bonchev–Trinajstić information content (AvgIpc) is 2.54. The van der Waals surface area contributed by atoms with Crippen LogP contribution in [0.4, 0.5) is 9.18 Å². The van der Waals surface area contributed by atoms with Crippen molar-refractivity contribution in [3.05, 3.63) is 35.6 Å².